The van der Waals surface area contributed by atoms with Crippen molar-refractivity contribution in [2.45, 2.75) is 354 Å². The molecule has 88 heavy (non-hydrogen) atoms. The topological polar surface area (TPSA) is 108 Å². The monoisotopic (exact) mass is 1250 g/mol. The third-order valence-corrected chi connectivity index (χ3v) is 17.4. The Bertz CT molecular complexity index is 1760. The largest absolute Gasteiger partial charge is 0.472 e. The Morgan fingerprint density at radius 1 is 0.364 bits per heavy atom. The van der Waals surface area contributed by atoms with Gasteiger partial charge in [0.15, 0.2) is 6.10 Å². The van der Waals surface area contributed by atoms with Gasteiger partial charge in [0.1, 0.15) is 19.8 Å². The molecule has 0 saturated carbocycles. The molecule has 0 saturated heterocycles. The number of ether oxygens (including phenoxy) is 2. The van der Waals surface area contributed by atoms with E-state index in [9.17, 15) is 19.0 Å². The zero-order chi connectivity index (χ0) is 64.1. The van der Waals surface area contributed by atoms with Crippen LogP contribution in [0.4, 0.5) is 0 Å². The van der Waals surface area contributed by atoms with Crippen molar-refractivity contribution in [1.29, 1.82) is 0 Å². The molecule has 0 radical (unpaired) electrons. The lowest BCUT2D eigenvalue weighted by atomic mass is 10.0. The van der Waals surface area contributed by atoms with Gasteiger partial charge >= 0.3 is 19.8 Å². The Balaban J connectivity index is 3.98. The average molecular weight is 1250 g/mol. The second-order valence-corrected chi connectivity index (χ2v) is 27.8. The first kappa shape index (κ1) is 85.2. The van der Waals surface area contributed by atoms with E-state index < -0.39 is 26.5 Å². The standard InChI is InChI=1S/C78H142NO8P/c1-6-8-10-12-14-16-18-20-22-24-26-28-30-32-34-36-37-38-39-40-41-43-45-47-49-51-53-55-57-59-61-63-65-67-69-71-78(81)87-76(75-86-88(82,83)85-73-72-79(3,4)5)74-84-77(80)70-68-66-64-62-60-58-56-54-52-50-48-46-44-42-35-33-31-29-27-25-23-21-19-17-15-13-11-9-7-2/h8,10,14,16,19-22,25-28,32,34,76H,6-7,9,11-13,15,17-18,23-24,29-31,33,35-75H2,1-5H3/p+1/b10-8-,16-14-,21-19-,22-20-,27-25-,28-26-,34-32-. The van der Waals surface area contributed by atoms with Crippen LogP contribution >= 0.6 is 7.82 Å². The van der Waals surface area contributed by atoms with Crippen LogP contribution in [0.2, 0.25) is 0 Å². The van der Waals surface area contributed by atoms with E-state index in [1.807, 2.05) is 21.1 Å². The van der Waals surface area contributed by atoms with Gasteiger partial charge in [-0.3, -0.25) is 18.6 Å². The summed E-state index contributed by atoms with van der Waals surface area (Å²) >= 11 is 0. The van der Waals surface area contributed by atoms with E-state index in [2.05, 4.69) is 98.9 Å². The van der Waals surface area contributed by atoms with Gasteiger partial charge in [0, 0.05) is 12.8 Å². The number of esters is 2. The Hall–Kier alpha value is -2.81. The number of likely N-dealkylation sites (N-methyl/N-ethyl adjacent to an activating group) is 1. The minimum absolute atomic E-state index is 0.0318. The average Bonchev–Trinajstić information content (AvgIpc) is 3.57. The maximum atomic E-state index is 12.9. The van der Waals surface area contributed by atoms with Crippen LogP contribution in [-0.2, 0) is 32.7 Å². The molecule has 2 atom stereocenters. The van der Waals surface area contributed by atoms with Gasteiger partial charge in [-0.1, -0.05) is 330 Å². The third-order valence-electron chi connectivity index (χ3n) is 16.4. The lowest BCUT2D eigenvalue weighted by Crippen LogP contribution is -2.37. The van der Waals surface area contributed by atoms with E-state index in [0.717, 1.165) is 70.6 Å². The number of hydrogen-bond donors (Lipinski definition) is 1. The van der Waals surface area contributed by atoms with E-state index >= 15 is 0 Å². The lowest BCUT2D eigenvalue weighted by Gasteiger charge is -2.24. The molecular weight excluding hydrogens is 1110 g/mol. The van der Waals surface area contributed by atoms with E-state index in [4.69, 9.17) is 18.5 Å². The summed E-state index contributed by atoms with van der Waals surface area (Å²) in [5.74, 6) is -0.781. The molecule has 0 rings (SSSR count). The minimum atomic E-state index is -4.39. The van der Waals surface area contributed by atoms with Gasteiger partial charge < -0.3 is 18.9 Å². The molecule has 0 aliphatic carbocycles. The SMILES string of the molecule is CC/C=C\C/C=C\C/C=C\C/C=C\C/C=C\CCCCCCCCCCCCCCCCCCCCCC(=O)OC(COC(=O)CCCCCCCCCCCCCCCCCCC/C=C\C/C=C\CCCCCCC)COP(=O)(O)OCC[N+](C)(C)C. The number of phosphoric acid groups is 1. The molecule has 0 aromatic carbocycles. The molecule has 512 valence electrons. The number of nitrogens with zero attached hydrogens (tertiary/aromatic N) is 1. The highest BCUT2D eigenvalue weighted by atomic mass is 31.2. The third kappa shape index (κ3) is 72.3. The van der Waals surface area contributed by atoms with Crippen molar-refractivity contribution in [1.82, 2.24) is 0 Å². The summed E-state index contributed by atoms with van der Waals surface area (Å²) in [5.41, 5.74) is 0. The number of carbonyl (C=O) groups excluding carboxylic acids is 2. The van der Waals surface area contributed by atoms with Gasteiger partial charge in [0.2, 0.25) is 0 Å². The molecule has 9 nitrogen and oxygen atoms in total. The first-order chi connectivity index (χ1) is 43.0. The van der Waals surface area contributed by atoms with E-state index in [1.165, 1.54) is 244 Å². The molecular formula is C78H143NO8P+. The van der Waals surface area contributed by atoms with Crippen molar-refractivity contribution in [3.63, 3.8) is 0 Å². The highest BCUT2D eigenvalue weighted by molar-refractivity contribution is 7.47. The zero-order valence-corrected chi connectivity index (χ0v) is 59.4. The summed E-state index contributed by atoms with van der Waals surface area (Å²) in [6, 6.07) is 0. The van der Waals surface area contributed by atoms with Gasteiger partial charge in [-0.05, 0) is 89.9 Å². The quantitative estimate of drug-likeness (QED) is 0.0211. The van der Waals surface area contributed by atoms with Crippen molar-refractivity contribution in [3.8, 4) is 0 Å². The Morgan fingerprint density at radius 2 is 0.648 bits per heavy atom. The van der Waals surface area contributed by atoms with Gasteiger partial charge in [-0.25, -0.2) is 4.57 Å². The molecule has 0 amide bonds. The fourth-order valence-corrected chi connectivity index (χ4v) is 11.5. The van der Waals surface area contributed by atoms with Crippen LogP contribution in [-0.4, -0.2) is 74.9 Å². The molecule has 0 fully saturated rings. The summed E-state index contributed by atoms with van der Waals surface area (Å²) in [7, 11) is 1.49. The highest BCUT2D eigenvalue weighted by Crippen LogP contribution is 2.43. The number of quaternary nitrogens is 1. The molecule has 0 spiro atoms. The number of unbranched alkanes of at least 4 members (excludes halogenated alkanes) is 41. The van der Waals surface area contributed by atoms with Crippen molar-refractivity contribution in [2.24, 2.45) is 0 Å². The van der Waals surface area contributed by atoms with Crippen LogP contribution < -0.4 is 0 Å². The number of carbonyl (C=O) groups is 2. The lowest BCUT2D eigenvalue weighted by molar-refractivity contribution is -0.870. The molecule has 0 aromatic rings. The molecule has 0 heterocycles. The molecule has 0 bridgehead atoms. The molecule has 0 aromatic heterocycles. The zero-order valence-electron chi connectivity index (χ0n) is 58.5. The molecule has 0 aliphatic heterocycles. The predicted molar refractivity (Wildman–Crippen MR) is 381 cm³/mol. The van der Waals surface area contributed by atoms with Crippen LogP contribution in [0, 0.1) is 0 Å². The van der Waals surface area contributed by atoms with Crippen molar-refractivity contribution < 1.29 is 42.1 Å². The van der Waals surface area contributed by atoms with E-state index in [0.29, 0.717) is 23.9 Å². The number of hydrogen-bond acceptors (Lipinski definition) is 7. The normalized spacial score (nSPS) is 13.6. The number of allylic oxidation sites excluding steroid dienone is 14. The van der Waals surface area contributed by atoms with E-state index in [1.54, 1.807) is 0 Å². The number of rotatable bonds is 69. The Kier molecular flexibility index (Phi) is 66.4. The van der Waals surface area contributed by atoms with Crippen molar-refractivity contribution >= 4 is 19.8 Å². The van der Waals surface area contributed by atoms with Crippen molar-refractivity contribution in [2.75, 3.05) is 47.5 Å². The fourth-order valence-electron chi connectivity index (χ4n) is 10.7. The molecule has 10 heteroatoms. The van der Waals surface area contributed by atoms with Crippen LogP contribution in [0.25, 0.3) is 0 Å². The molecule has 1 N–H and O–H groups in total. The maximum absolute atomic E-state index is 12.9. The number of phosphoric ester groups is 1. The van der Waals surface area contributed by atoms with Crippen LogP contribution in [0.5, 0.6) is 0 Å². The summed E-state index contributed by atoms with van der Waals surface area (Å²) in [6.45, 7) is 4.36. The maximum Gasteiger partial charge on any atom is 0.472 e. The molecule has 2 unspecified atom stereocenters. The van der Waals surface area contributed by atoms with Gasteiger partial charge in [0.25, 0.3) is 0 Å². The van der Waals surface area contributed by atoms with Gasteiger partial charge in [-0.2, -0.15) is 0 Å². The predicted octanol–water partition coefficient (Wildman–Crippen LogP) is 24.5. The van der Waals surface area contributed by atoms with Crippen molar-refractivity contribution in [3.05, 3.63) is 85.1 Å². The highest BCUT2D eigenvalue weighted by Gasteiger charge is 2.27. The molecule has 0 aliphatic rings. The van der Waals surface area contributed by atoms with E-state index in [-0.39, 0.29) is 25.6 Å². The summed E-state index contributed by atoms with van der Waals surface area (Å²) in [4.78, 5) is 35.9. The van der Waals surface area contributed by atoms with Crippen LogP contribution in [0.3, 0.4) is 0 Å². The summed E-state index contributed by atoms with van der Waals surface area (Å²) < 4.78 is 34.8. The minimum Gasteiger partial charge on any atom is -0.462 e. The second-order valence-electron chi connectivity index (χ2n) is 26.3. The summed E-state index contributed by atoms with van der Waals surface area (Å²) in [5, 5.41) is 0. The van der Waals surface area contributed by atoms with Crippen LogP contribution in [0.1, 0.15) is 348 Å². The summed E-state index contributed by atoms with van der Waals surface area (Å²) in [6.07, 6.45) is 94.2. The fraction of sp³-hybridized carbons (Fsp3) is 0.795. The van der Waals surface area contributed by atoms with Crippen LogP contribution in [0.15, 0.2) is 85.1 Å². The smallest absolute Gasteiger partial charge is 0.462 e. The second kappa shape index (κ2) is 68.6. The Morgan fingerprint density at radius 3 is 0.966 bits per heavy atom. The first-order valence-electron chi connectivity index (χ1n) is 37.3. The van der Waals surface area contributed by atoms with Gasteiger partial charge in [0.05, 0.1) is 27.7 Å². The Labute approximate surface area is 545 Å². The first-order valence-corrected chi connectivity index (χ1v) is 38.8. The van der Waals surface area contributed by atoms with Gasteiger partial charge in [-0.15, -0.1) is 0 Å².